The van der Waals surface area contributed by atoms with Crippen LogP contribution in [0.2, 0.25) is 0 Å². The predicted octanol–water partition coefficient (Wildman–Crippen LogP) is 1.10. The molecular formula is C20H29N3O5. The number of benzene rings is 1. The Hall–Kier alpha value is -2.61. The topological polar surface area (TPSA) is 98.8 Å². The Labute approximate surface area is 165 Å². The van der Waals surface area contributed by atoms with Gasteiger partial charge in [-0.05, 0) is 33.3 Å². The molecule has 1 aliphatic heterocycles. The molecule has 0 radical (unpaired) electrons. The number of carbonyl (C=O) groups excluding carboxylic acids is 3. The number of alkyl carbamates (subject to hydrolysis) is 1. The van der Waals surface area contributed by atoms with Gasteiger partial charge in [0.1, 0.15) is 26.2 Å². The van der Waals surface area contributed by atoms with Gasteiger partial charge in [0.2, 0.25) is 5.91 Å². The Balaban J connectivity index is 1.86. The zero-order valence-electron chi connectivity index (χ0n) is 16.9. The monoisotopic (exact) mass is 391 g/mol. The highest BCUT2D eigenvalue weighted by molar-refractivity contribution is 5.82. The van der Waals surface area contributed by atoms with Crippen LogP contribution < -0.4 is 10.4 Å². The van der Waals surface area contributed by atoms with Crippen LogP contribution in [-0.2, 0) is 16.1 Å². The molecule has 28 heavy (non-hydrogen) atoms. The first-order valence-corrected chi connectivity index (χ1v) is 9.39. The fourth-order valence-corrected chi connectivity index (χ4v) is 3.58. The number of nitrogens with one attached hydrogen (secondary N) is 1. The summed E-state index contributed by atoms with van der Waals surface area (Å²) in [5, 5.41) is 14.3. The van der Waals surface area contributed by atoms with Crippen LogP contribution in [0.1, 0.15) is 33.3 Å². The first kappa shape index (κ1) is 21.7. The van der Waals surface area contributed by atoms with Gasteiger partial charge in [-0.2, -0.15) is 0 Å². The Bertz CT molecular complexity index is 716. The second kappa shape index (κ2) is 8.60. The van der Waals surface area contributed by atoms with Crippen molar-refractivity contribution in [1.82, 2.24) is 10.2 Å². The van der Waals surface area contributed by atoms with Crippen molar-refractivity contribution in [3.8, 4) is 0 Å². The standard InChI is InChI=1S/C20H29N3O5/c1-15-13-23(19(26)27,20(2,3)4)11-10-22(15)17(24)12-21-18(25)28-14-16-8-6-5-7-9-16/h5-9,15H,10-14H2,1-4H3,(H-,21,25,26,27)/t15-,23?/m0/s1. The van der Waals surface area contributed by atoms with Crippen LogP contribution in [0.4, 0.5) is 9.59 Å². The molecule has 0 aromatic heterocycles. The summed E-state index contributed by atoms with van der Waals surface area (Å²) < 4.78 is 4.89. The van der Waals surface area contributed by atoms with E-state index in [-0.39, 0.29) is 49.2 Å². The van der Waals surface area contributed by atoms with Crippen LogP contribution >= 0.6 is 0 Å². The number of amides is 3. The van der Waals surface area contributed by atoms with Gasteiger partial charge in [0.25, 0.3) is 6.09 Å². The molecule has 0 aliphatic carbocycles. The van der Waals surface area contributed by atoms with Crippen LogP contribution in [0.15, 0.2) is 30.3 Å². The second-order valence-electron chi connectivity index (χ2n) is 8.16. The first-order valence-electron chi connectivity index (χ1n) is 9.39. The van der Waals surface area contributed by atoms with Gasteiger partial charge in [-0.25, -0.2) is 4.79 Å². The van der Waals surface area contributed by atoms with Crippen LogP contribution in [0, 0.1) is 0 Å². The summed E-state index contributed by atoms with van der Waals surface area (Å²) in [7, 11) is 0. The summed E-state index contributed by atoms with van der Waals surface area (Å²) in [6.07, 6.45) is -1.80. The molecule has 8 heteroatoms. The van der Waals surface area contributed by atoms with Crippen LogP contribution in [0.5, 0.6) is 0 Å². The van der Waals surface area contributed by atoms with Crippen LogP contribution in [0.3, 0.4) is 0 Å². The molecule has 1 saturated heterocycles. The van der Waals surface area contributed by atoms with Gasteiger partial charge < -0.3 is 24.9 Å². The quantitative estimate of drug-likeness (QED) is 0.775. The lowest BCUT2D eigenvalue weighted by Gasteiger charge is -2.54. The SMILES string of the molecule is C[C@H]1C[N+](C(=O)[O-])(C(C)(C)C)CCN1C(=O)CNC(=O)OCc1ccccc1. The number of carbonyl (C=O) groups is 3. The molecule has 154 valence electrons. The Morgan fingerprint density at radius 1 is 1.25 bits per heavy atom. The minimum absolute atomic E-state index is 0.123. The first-order chi connectivity index (χ1) is 13.1. The highest BCUT2D eigenvalue weighted by atomic mass is 16.5. The molecule has 2 rings (SSSR count). The van der Waals surface area contributed by atoms with Crippen LogP contribution in [-0.4, -0.2) is 65.2 Å². The largest absolute Gasteiger partial charge is 0.498 e. The third-order valence-electron chi connectivity index (χ3n) is 5.38. The van der Waals surface area contributed by atoms with E-state index in [1.54, 1.807) is 4.90 Å². The molecule has 1 unspecified atom stereocenters. The lowest BCUT2D eigenvalue weighted by Crippen LogP contribution is -2.75. The highest BCUT2D eigenvalue weighted by Crippen LogP contribution is 2.29. The molecule has 1 fully saturated rings. The number of quaternary nitrogens is 1. The lowest BCUT2D eigenvalue weighted by atomic mass is 9.97. The predicted molar refractivity (Wildman–Crippen MR) is 101 cm³/mol. The zero-order valence-corrected chi connectivity index (χ0v) is 16.9. The van der Waals surface area contributed by atoms with E-state index in [9.17, 15) is 19.5 Å². The molecule has 1 aromatic carbocycles. The lowest BCUT2D eigenvalue weighted by molar-refractivity contribution is -0.925. The smallest absolute Gasteiger partial charge is 0.407 e. The normalized spacial score (nSPS) is 22.4. The highest BCUT2D eigenvalue weighted by Gasteiger charge is 2.48. The molecule has 0 spiro atoms. The number of hydrogen-bond acceptors (Lipinski definition) is 5. The minimum atomic E-state index is -1.13. The van der Waals surface area contributed by atoms with Crippen LogP contribution in [0.25, 0.3) is 0 Å². The maximum atomic E-state index is 12.5. The van der Waals surface area contributed by atoms with Gasteiger partial charge in [0, 0.05) is 0 Å². The maximum Gasteiger partial charge on any atom is 0.407 e. The maximum absolute atomic E-state index is 12.5. The van der Waals surface area contributed by atoms with E-state index in [0.29, 0.717) is 0 Å². The molecule has 0 bridgehead atoms. The third kappa shape index (κ3) is 4.81. The van der Waals surface area contributed by atoms with Crippen molar-refractivity contribution in [3.63, 3.8) is 0 Å². The molecule has 3 amide bonds. The van der Waals surface area contributed by atoms with E-state index < -0.39 is 17.7 Å². The summed E-state index contributed by atoms with van der Waals surface area (Å²) in [5.74, 6) is -0.269. The summed E-state index contributed by atoms with van der Waals surface area (Å²) in [6, 6.07) is 8.95. The molecule has 2 atom stereocenters. The average Bonchev–Trinajstić information content (AvgIpc) is 2.64. The van der Waals surface area contributed by atoms with E-state index in [1.165, 1.54) is 0 Å². The van der Waals surface area contributed by atoms with Gasteiger partial charge in [-0.3, -0.25) is 9.28 Å². The second-order valence-corrected chi connectivity index (χ2v) is 8.16. The Morgan fingerprint density at radius 2 is 1.89 bits per heavy atom. The molecular weight excluding hydrogens is 362 g/mol. The molecule has 1 N–H and O–H groups in total. The van der Waals surface area contributed by atoms with E-state index in [4.69, 9.17) is 4.74 Å². The van der Waals surface area contributed by atoms with Crippen molar-refractivity contribution in [3.05, 3.63) is 35.9 Å². The minimum Gasteiger partial charge on any atom is -0.498 e. The number of rotatable bonds is 4. The molecule has 1 aromatic rings. The molecule has 8 nitrogen and oxygen atoms in total. The third-order valence-corrected chi connectivity index (χ3v) is 5.38. The number of hydrogen-bond donors (Lipinski definition) is 1. The fraction of sp³-hybridized carbons (Fsp3) is 0.550. The van der Waals surface area contributed by atoms with E-state index in [0.717, 1.165) is 5.56 Å². The van der Waals surface area contributed by atoms with E-state index in [1.807, 2.05) is 58.0 Å². The average molecular weight is 391 g/mol. The number of ether oxygens (including phenoxy) is 1. The molecule has 1 aliphatic rings. The number of nitrogens with zero attached hydrogens (tertiary/aromatic N) is 2. The number of carboxylic acid groups (broad SMARTS) is 1. The van der Waals surface area contributed by atoms with Gasteiger partial charge in [-0.15, -0.1) is 0 Å². The zero-order chi connectivity index (χ0) is 20.9. The van der Waals surface area contributed by atoms with Gasteiger partial charge in [0.05, 0.1) is 18.1 Å². The molecule has 0 saturated carbocycles. The van der Waals surface area contributed by atoms with Crippen molar-refractivity contribution >= 4 is 18.1 Å². The van der Waals surface area contributed by atoms with Gasteiger partial charge >= 0.3 is 6.09 Å². The van der Waals surface area contributed by atoms with Crippen molar-refractivity contribution in [2.24, 2.45) is 0 Å². The summed E-state index contributed by atoms with van der Waals surface area (Å²) in [6.45, 7) is 8.12. The fourth-order valence-electron chi connectivity index (χ4n) is 3.58. The Morgan fingerprint density at radius 3 is 2.43 bits per heavy atom. The number of piperazine rings is 1. The molecule has 1 heterocycles. The van der Waals surface area contributed by atoms with E-state index >= 15 is 0 Å². The Kier molecular flexibility index (Phi) is 6.66. The van der Waals surface area contributed by atoms with Crippen molar-refractivity contribution in [2.45, 2.75) is 45.9 Å². The van der Waals surface area contributed by atoms with Gasteiger partial charge in [-0.1, -0.05) is 30.3 Å². The van der Waals surface area contributed by atoms with E-state index in [2.05, 4.69) is 5.32 Å². The summed E-state index contributed by atoms with van der Waals surface area (Å²) in [5.41, 5.74) is 0.314. The van der Waals surface area contributed by atoms with Crippen molar-refractivity contribution in [1.29, 1.82) is 0 Å². The van der Waals surface area contributed by atoms with Gasteiger partial charge in [0.15, 0.2) is 0 Å². The summed E-state index contributed by atoms with van der Waals surface area (Å²) in [4.78, 5) is 37.8. The summed E-state index contributed by atoms with van der Waals surface area (Å²) >= 11 is 0. The van der Waals surface area contributed by atoms with Crippen molar-refractivity contribution < 1.29 is 28.7 Å². The van der Waals surface area contributed by atoms with Crippen molar-refractivity contribution in [2.75, 3.05) is 26.2 Å².